The number of hydrogen-bond acceptors (Lipinski definition) is 4. The summed E-state index contributed by atoms with van der Waals surface area (Å²) >= 11 is 0. The molecule has 3 amide bonds. The van der Waals surface area contributed by atoms with Crippen molar-refractivity contribution >= 4 is 18.2 Å². The van der Waals surface area contributed by atoms with Crippen LogP contribution in [0.4, 0.5) is 4.79 Å². The Labute approximate surface area is 123 Å². The molecule has 0 unspecified atom stereocenters. The lowest BCUT2D eigenvalue weighted by atomic mass is 10.1. The molecule has 21 heavy (non-hydrogen) atoms. The average molecular weight is 289 g/mol. The Bertz CT molecular complexity index is 550. The number of piperazine rings is 1. The third-order valence-electron chi connectivity index (χ3n) is 3.36. The van der Waals surface area contributed by atoms with Crippen LogP contribution >= 0.6 is 0 Å². The highest BCUT2D eigenvalue weighted by Gasteiger charge is 2.21. The van der Waals surface area contributed by atoms with Crippen molar-refractivity contribution in [2.75, 3.05) is 33.2 Å². The number of nitrogens with two attached hydrogens (primary N) is 1. The lowest BCUT2D eigenvalue weighted by Gasteiger charge is -2.32. The molecule has 0 aromatic heterocycles. The molecule has 0 bridgehead atoms. The van der Waals surface area contributed by atoms with Crippen molar-refractivity contribution in [2.45, 2.75) is 0 Å². The Morgan fingerprint density at radius 1 is 1.24 bits per heavy atom. The Morgan fingerprint density at radius 3 is 2.57 bits per heavy atom. The number of benzene rings is 1. The van der Waals surface area contributed by atoms with Crippen molar-refractivity contribution in [3.05, 3.63) is 35.4 Å². The van der Waals surface area contributed by atoms with Gasteiger partial charge in [0.25, 0.3) is 5.91 Å². The largest absolute Gasteiger partial charge is 0.350 e. The second-order valence-electron chi connectivity index (χ2n) is 4.92. The highest BCUT2D eigenvalue weighted by atomic mass is 16.2. The van der Waals surface area contributed by atoms with Crippen LogP contribution in [0.1, 0.15) is 15.9 Å². The zero-order valence-electron chi connectivity index (χ0n) is 12.0. The number of amides is 3. The van der Waals surface area contributed by atoms with E-state index >= 15 is 0 Å². The molecule has 3 N–H and O–H groups in total. The van der Waals surface area contributed by atoms with E-state index in [2.05, 4.69) is 15.4 Å². The van der Waals surface area contributed by atoms with E-state index in [0.717, 1.165) is 13.1 Å². The van der Waals surface area contributed by atoms with Gasteiger partial charge in [-0.1, -0.05) is 18.2 Å². The third-order valence-corrected chi connectivity index (χ3v) is 3.36. The third kappa shape index (κ3) is 4.03. The van der Waals surface area contributed by atoms with Gasteiger partial charge in [0.2, 0.25) is 0 Å². The molecule has 1 saturated heterocycles. The molecule has 0 aliphatic carbocycles. The normalized spacial score (nSPS) is 16.1. The Morgan fingerprint density at radius 2 is 1.90 bits per heavy atom. The van der Waals surface area contributed by atoms with Gasteiger partial charge in [0.05, 0.1) is 6.21 Å². The zero-order valence-corrected chi connectivity index (χ0v) is 12.0. The van der Waals surface area contributed by atoms with Crippen molar-refractivity contribution in [1.82, 2.24) is 15.2 Å². The molecule has 0 radical (unpaired) electrons. The summed E-state index contributed by atoms with van der Waals surface area (Å²) in [6.45, 7) is 3.15. The number of carbonyl (C=O) groups excluding carboxylic acids is 2. The number of primary amides is 1. The number of rotatable bonds is 3. The monoisotopic (exact) mass is 289 g/mol. The minimum absolute atomic E-state index is 0.0239. The predicted octanol–water partition coefficient (Wildman–Crippen LogP) is 0.0764. The van der Waals surface area contributed by atoms with Gasteiger partial charge in [-0.25, -0.2) is 10.2 Å². The zero-order chi connectivity index (χ0) is 15.2. The summed E-state index contributed by atoms with van der Waals surface area (Å²) in [5.74, 6) is -0.0239. The summed E-state index contributed by atoms with van der Waals surface area (Å²) in [5.41, 5.74) is 8.28. The second-order valence-corrected chi connectivity index (χ2v) is 4.92. The van der Waals surface area contributed by atoms with Gasteiger partial charge in [-0.3, -0.25) is 4.79 Å². The van der Waals surface area contributed by atoms with Crippen molar-refractivity contribution in [3.8, 4) is 0 Å². The first-order chi connectivity index (χ1) is 10.1. The summed E-state index contributed by atoms with van der Waals surface area (Å²) in [4.78, 5) is 27.2. The van der Waals surface area contributed by atoms with Gasteiger partial charge in [0.1, 0.15) is 0 Å². The fourth-order valence-electron chi connectivity index (χ4n) is 2.15. The Balaban J connectivity index is 2.13. The van der Waals surface area contributed by atoms with E-state index in [1.54, 1.807) is 12.1 Å². The first-order valence-corrected chi connectivity index (χ1v) is 6.73. The Hall–Kier alpha value is -2.41. The lowest BCUT2D eigenvalue weighted by molar-refractivity contribution is 0.0664. The van der Waals surface area contributed by atoms with Crippen LogP contribution in [-0.4, -0.2) is 61.2 Å². The SMILES string of the molecule is CN1CCN(C(=O)c2ccccc2C=NNC(N)=O)CC1. The van der Waals surface area contributed by atoms with Crippen LogP contribution < -0.4 is 11.2 Å². The molecule has 7 nitrogen and oxygen atoms in total. The van der Waals surface area contributed by atoms with E-state index in [0.29, 0.717) is 24.2 Å². The lowest BCUT2D eigenvalue weighted by Crippen LogP contribution is -2.47. The summed E-state index contributed by atoms with van der Waals surface area (Å²) < 4.78 is 0. The predicted molar refractivity (Wildman–Crippen MR) is 80.2 cm³/mol. The molecule has 1 heterocycles. The minimum atomic E-state index is -0.742. The number of nitrogens with zero attached hydrogens (tertiary/aromatic N) is 3. The van der Waals surface area contributed by atoms with E-state index < -0.39 is 6.03 Å². The van der Waals surface area contributed by atoms with Crippen LogP contribution in [0.25, 0.3) is 0 Å². The van der Waals surface area contributed by atoms with E-state index in [9.17, 15) is 9.59 Å². The van der Waals surface area contributed by atoms with Crippen LogP contribution in [0.2, 0.25) is 0 Å². The maximum atomic E-state index is 12.6. The number of nitrogens with one attached hydrogen (secondary N) is 1. The van der Waals surface area contributed by atoms with Gasteiger partial charge in [0, 0.05) is 37.3 Å². The number of urea groups is 1. The topological polar surface area (TPSA) is 91.0 Å². The van der Waals surface area contributed by atoms with Crippen LogP contribution in [0.5, 0.6) is 0 Å². The molecule has 1 fully saturated rings. The highest BCUT2D eigenvalue weighted by molar-refractivity contribution is 6.02. The van der Waals surface area contributed by atoms with E-state index in [4.69, 9.17) is 5.73 Å². The molecule has 1 aromatic carbocycles. The average Bonchev–Trinajstić information content (AvgIpc) is 2.47. The van der Waals surface area contributed by atoms with Gasteiger partial charge in [-0.2, -0.15) is 5.10 Å². The van der Waals surface area contributed by atoms with E-state index in [1.165, 1.54) is 6.21 Å². The maximum Gasteiger partial charge on any atom is 0.332 e. The molecular formula is C14H19N5O2. The summed E-state index contributed by atoms with van der Waals surface area (Å²) in [6, 6.07) is 6.41. The summed E-state index contributed by atoms with van der Waals surface area (Å²) in [6.07, 6.45) is 1.42. The van der Waals surface area contributed by atoms with Crippen molar-refractivity contribution in [3.63, 3.8) is 0 Å². The quantitative estimate of drug-likeness (QED) is 0.609. The number of hydrazone groups is 1. The van der Waals surface area contributed by atoms with Gasteiger partial charge in [-0.05, 0) is 13.1 Å². The fraction of sp³-hybridized carbons (Fsp3) is 0.357. The molecule has 0 saturated carbocycles. The van der Waals surface area contributed by atoms with E-state index in [1.807, 2.05) is 24.1 Å². The van der Waals surface area contributed by atoms with E-state index in [-0.39, 0.29) is 5.91 Å². The van der Waals surface area contributed by atoms with Gasteiger partial charge < -0.3 is 15.5 Å². The molecule has 112 valence electrons. The molecule has 7 heteroatoms. The van der Waals surface area contributed by atoms with Crippen molar-refractivity contribution in [2.24, 2.45) is 10.8 Å². The molecular weight excluding hydrogens is 270 g/mol. The van der Waals surface area contributed by atoms with Crippen LogP contribution in [0.15, 0.2) is 29.4 Å². The second kappa shape index (κ2) is 6.85. The van der Waals surface area contributed by atoms with Crippen LogP contribution in [0, 0.1) is 0 Å². The van der Waals surface area contributed by atoms with Crippen LogP contribution in [-0.2, 0) is 0 Å². The molecule has 1 aliphatic heterocycles. The van der Waals surface area contributed by atoms with Crippen molar-refractivity contribution in [1.29, 1.82) is 0 Å². The molecule has 1 aliphatic rings. The molecule has 0 atom stereocenters. The first kappa shape index (κ1) is 15.0. The summed E-state index contributed by atoms with van der Waals surface area (Å²) in [5, 5.41) is 3.71. The van der Waals surface area contributed by atoms with Crippen molar-refractivity contribution < 1.29 is 9.59 Å². The van der Waals surface area contributed by atoms with Crippen LogP contribution in [0.3, 0.4) is 0 Å². The number of hydrogen-bond donors (Lipinski definition) is 2. The van der Waals surface area contributed by atoms with Gasteiger partial charge >= 0.3 is 6.03 Å². The molecule has 2 rings (SSSR count). The fourth-order valence-corrected chi connectivity index (χ4v) is 2.15. The first-order valence-electron chi connectivity index (χ1n) is 6.73. The number of likely N-dealkylation sites (N-methyl/N-ethyl adjacent to an activating group) is 1. The maximum absolute atomic E-state index is 12.6. The van der Waals surface area contributed by atoms with Gasteiger partial charge in [0.15, 0.2) is 0 Å². The Kier molecular flexibility index (Phi) is 4.89. The highest BCUT2D eigenvalue weighted by Crippen LogP contribution is 2.12. The standard InChI is InChI=1S/C14H19N5O2/c1-18-6-8-19(9-7-18)13(20)12-5-3-2-4-11(12)10-16-17-14(15)21/h2-5,10H,6-9H2,1H3,(H3,15,17,21). The number of carbonyl (C=O) groups is 2. The smallest absolute Gasteiger partial charge is 0.332 e. The molecule has 1 aromatic rings. The summed E-state index contributed by atoms with van der Waals surface area (Å²) in [7, 11) is 2.04. The van der Waals surface area contributed by atoms with Gasteiger partial charge in [-0.15, -0.1) is 0 Å². The molecule has 0 spiro atoms. The minimum Gasteiger partial charge on any atom is -0.350 e.